The molecule has 0 aromatic rings. The molecule has 2 nitrogen and oxygen atoms in total. The summed E-state index contributed by atoms with van der Waals surface area (Å²) >= 11 is 0. The molecule has 1 saturated carbocycles. The van der Waals surface area contributed by atoms with Gasteiger partial charge in [-0.1, -0.05) is 20.8 Å². The SMILES string of the molecule is CC(C)(C)CCCOC1CC2(C1)CN(C(C)(C)C)C2. The van der Waals surface area contributed by atoms with Crippen LogP contribution in [0.1, 0.15) is 67.2 Å². The zero-order chi connectivity index (χ0) is 14.3. The Balaban J connectivity index is 1.56. The number of ether oxygens (including phenoxy) is 1. The maximum atomic E-state index is 6.01. The van der Waals surface area contributed by atoms with E-state index >= 15 is 0 Å². The highest BCUT2D eigenvalue weighted by atomic mass is 16.5. The van der Waals surface area contributed by atoms with E-state index in [0.717, 1.165) is 6.61 Å². The molecule has 0 N–H and O–H groups in total. The highest BCUT2D eigenvalue weighted by molar-refractivity contribution is 5.07. The Bertz CT molecular complexity index is 296. The lowest BCUT2D eigenvalue weighted by Gasteiger charge is -2.62. The van der Waals surface area contributed by atoms with Crippen molar-refractivity contribution in [1.29, 1.82) is 0 Å². The van der Waals surface area contributed by atoms with E-state index < -0.39 is 0 Å². The van der Waals surface area contributed by atoms with Crippen molar-refractivity contribution in [2.75, 3.05) is 19.7 Å². The fourth-order valence-corrected chi connectivity index (χ4v) is 3.37. The Morgan fingerprint density at radius 2 is 1.63 bits per heavy atom. The van der Waals surface area contributed by atoms with E-state index in [1.54, 1.807) is 0 Å². The van der Waals surface area contributed by atoms with Gasteiger partial charge in [0.25, 0.3) is 0 Å². The van der Waals surface area contributed by atoms with Crippen molar-refractivity contribution in [1.82, 2.24) is 4.90 Å². The van der Waals surface area contributed by atoms with Gasteiger partial charge in [-0.05, 0) is 51.9 Å². The van der Waals surface area contributed by atoms with Gasteiger partial charge in [0, 0.05) is 30.7 Å². The van der Waals surface area contributed by atoms with Gasteiger partial charge in [-0.15, -0.1) is 0 Å². The highest BCUT2D eigenvalue weighted by Crippen LogP contribution is 2.51. The Labute approximate surface area is 119 Å². The maximum absolute atomic E-state index is 6.01. The van der Waals surface area contributed by atoms with E-state index in [1.807, 2.05) is 0 Å². The lowest BCUT2D eigenvalue weighted by atomic mass is 9.61. The van der Waals surface area contributed by atoms with Gasteiger partial charge in [0.15, 0.2) is 0 Å². The second kappa shape index (κ2) is 5.04. The molecule has 0 bridgehead atoms. The van der Waals surface area contributed by atoms with E-state index in [0.29, 0.717) is 22.5 Å². The fraction of sp³-hybridized carbons (Fsp3) is 1.00. The molecule has 1 aliphatic heterocycles. The van der Waals surface area contributed by atoms with Gasteiger partial charge in [-0.3, -0.25) is 4.90 Å². The third-order valence-corrected chi connectivity index (χ3v) is 4.75. The molecule has 1 saturated heterocycles. The van der Waals surface area contributed by atoms with E-state index in [2.05, 4.69) is 46.4 Å². The average Bonchev–Trinajstić information content (AvgIpc) is 2.07. The smallest absolute Gasteiger partial charge is 0.0587 e. The number of nitrogens with zero attached hydrogens (tertiary/aromatic N) is 1. The fourth-order valence-electron chi connectivity index (χ4n) is 3.37. The van der Waals surface area contributed by atoms with Crippen molar-refractivity contribution < 1.29 is 4.74 Å². The molecular formula is C17H33NO. The third-order valence-electron chi connectivity index (χ3n) is 4.75. The van der Waals surface area contributed by atoms with E-state index in [1.165, 1.54) is 38.8 Å². The predicted octanol–water partition coefficient (Wildman–Crippen LogP) is 4.09. The molecular weight excluding hydrogens is 234 g/mol. The van der Waals surface area contributed by atoms with Crippen molar-refractivity contribution in [2.24, 2.45) is 10.8 Å². The van der Waals surface area contributed by atoms with E-state index in [-0.39, 0.29) is 0 Å². The molecule has 1 spiro atoms. The van der Waals surface area contributed by atoms with Crippen LogP contribution >= 0.6 is 0 Å². The standard InChI is InChI=1S/C17H33NO/c1-15(2,3)8-7-9-19-14-10-17(11-14)12-18(13-17)16(4,5)6/h14H,7-13H2,1-6H3. The first kappa shape index (κ1) is 15.3. The summed E-state index contributed by atoms with van der Waals surface area (Å²) in [7, 11) is 0. The summed E-state index contributed by atoms with van der Waals surface area (Å²) in [6, 6.07) is 0. The zero-order valence-electron chi connectivity index (χ0n) is 13.9. The summed E-state index contributed by atoms with van der Waals surface area (Å²) in [4.78, 5) is 2.60. The highest BCUT2D eigenvalue weighted by Gasteiger charge is 2.54. The van der Waals surface area contributed by atoms with Gasteiger partial charge < -0.3 is 4.74 Å². The van der Waals surface area contributed by atoms with Crippen LogP contribution in [0.25, 0.3) is 0 Å². The van der Waals surface area contributed by atoms with Gasteiger partial charge in [0.1, 0.15) is 0 Å². The first-order chi connectivity index (χ1) is 8.60. The van der Waals surface area contributed by atoms with E-state index in [4.69, 9.17) is 4.74 Å². The number of rotatable bonds is 4. The molecule has 2 heteroatoms. The summed E-state index contributed by atoms with van der Waals surface area (Å²) in [6.07, 6.45) is 5.63. The molecule has 0 aromatic heterocycles. The summed E-state index contributed by atoms with van der Waals surface area (Å²) in [5.74, 6) is 0. The molecule has 0 atom stereocenters. The van der Waals surface area contributed by atoms with Gasteiger partial charge in [0.2, 0.25) is 0 Å². The number of likely N-dealkylation sites (tertiary alicyclic amines) is 1. The number of hydrogen-bond acceptors (Lipinski definition) is 2. The van der Waals surface area contributed by atoms with Crippen LogP contribution in [-0.2, 0) is 4.74 Å². The summed E-state index contributed by atoms with van der Waals surface area (Å²) < 4.78 is 6.01. The Kier molecular flexibility index (Phi) is 4.06. The molecule has 0 amide bonds. The minimum absolute atomic E-state index is 0.351. The van der Waals surface area contributed by atoms with Crippen LogP contribution < -0.4 is 0 Å². The van der Waals surface area contributed by atoms with Crippen LogP contribution in [0, 0.1) is 10.8 Å². The van der Waals surface area contributed by atoms with Crippen molar-refractivity contribution >= 4 is 0 Å². The lowest BCUT2D eigenvalue weighted by Crippen LogP contribution is -2.68. The van der Waals surface area contributed by atoms with Gasteiger partial charge >= 0.3 is 0 Å². The van der Waals surface area contributed by atoms with Crippen molar-refractivity contribution in [3.8, 4) is 0 Å². The van der Waals surface area contributed by atoms with Crippen LogP contribution in [0.15, 0.2) is 0 Å². The van der Waals surface area contributed by atoms with Crippen LogP contribution in [0.2, 0.25) is 0 Å². The molecule has 0 unspecified atom stereocenters. The molecule has 1 aliphatic carbocycles. The summed E-state index contributed by atoms with van der Waals surface area (Å²) in [5, 5.41) is 0. The van der Waals surface area contributed by atoms with Crippen molar-refractivity contribution in [2.45, 2.75) is 78.9 Å². The second-order valence-electron chi connectivity index (χ2n) is 9.09. The monoisotopic (exact) mass is 267 g/mol. The van der Waals surface area contributed by atoms with Crippen molar-refractivity contribution in [3.05, 3.63) is 0 Å². The Morgan fingerprint density at radius 3 is 2.11 bits per heavy atom. The topological polar surface area (TPSA) is 12.5 Å². The summed E-state index contributed by atoms with van der Waals surface area (Å²) in [6.45, 7) is 17.4. The lowest BCUT2D eigenvalue weighted by molar-refractivity contribution is -0.172. The van der Waals surface area contributed by atoms with Crippen LogP contribution in [0.5, 0.6) is 0 Å². The first-order valence-corrected chi connectivity index (χ1v) is 7.96. The molecule has 2 aliphatic rings. The van der Waals surface area contributed by atoms with E-state index in [9.17, 15) is 0 Å². The quantitative estimate of drug-likeness (QED) is 0.711. The maximum Gasteiger partial charge on any atom is 0.0587 e. The minimum Gasteiger partial charge on any atom is -0.378 e. The molecule has 19 heavy (non-hydrogen) atoms. The second-order valence-corrected chi connectivity index (χ2v) is 9.09. The summed E-state index contributed by atoms with van der Waals surface area (Å²) in [5.41, 5.74) is 1.43. The molecule has 1 heterocycles. The molecule has 2 fully saturated rings. The van der Waals surface area contributed by atoms with Crippen LogP contribution in [0.4, 0.5) is 0 Å². The number of hydrogen-bond donors (Lipinski definition) is 0. The normalized spacial score (nSPS) is 24.3. The van der Waals surface area contributed by atoms with Crippen LogP contribution in [-0.4, -0.2) is 36.2 Å². The molecule has 0 radical (unpaired) electrons. The van der Waals surface area contributed by atoms with Gasteiger partial charge in [-0.25, -0.2) is 0 Å². The molecule has 2 rings (SSSR count). The molecule has 112 valence electrons. The predicted molar refractivity (Wildman–Crippen MR) is 81.4 cm³/mol. The van der Waals surface area contributed by atoms with Crippen molar-refractivity contribution in [3.63, 3.8) is 0 Å². The molecule has 0 aromatic carbocycles. The average molecular weight is 267 g/mol. The van der Waals surface area contributed by atoms with Gasteiger partial charge in [-0.2, -0.15) is 0 Å². The minimum atomic E-state index is 0.351. The largest absolute Gasteiger partial charge is 0.378 e. The first-order valence-electron chi connectivity index (χ1n) is 7.96. The third kappa shape index (κ3) is 3.95. The Morgan fingerprint density at radius 1 is 1.05 bits per heavy atom. The van der Waals surface area contributed by atoms with Crippen LogP contribution in [0.3, 0.4) is 0 Å². The Hall–Kier alpha value is -0.0800. The van der Waals surface area contributed by atoms with Gasteiger partial charge in [0.05, 0.1) is 6.10 Å². The zero-order valence-corrected chi connectivity index (χ0v) is 13.9.